The van der Waals surface area contributed by atoms with Gasteiger partial charge in [-0.3, -0.25) is 9.59 Å². The fraction of sp³-hybridized carbons (Fsp3) is 0.364. The first-order chi connectivity index (χ1) is 12.9. The SMILES string of the molecule is Cc1ccc(C)c(CC(=O)N2CCN(C(=O)Cc3cccc(F)c3)CC2)c1. The van der Waals surface area contributed by atoms with Gasteiger partial charge in [-0.15, -0.1) is 0 Å². The molecular formula is C22H25FN2O2. The maximum atomic E-state index is 13.3. The number of piperazine rings is 1. The molecule has 2 aromatic rings. The molecule has 0 radical (unpaired) electrons. The number of aryl methyl sites for hydroxylation is 2. The van der Waals surface area contributed by atoms with Crippen LogP contribution in [-0.2, 0) is 22.4 Å². The van der Waals surface area contributed by atoms with Crippen LogP contribution in [0.15, 0.2) is 42.5 Å². The van der Waals surface area contributed by atoms with Crippen molar-refractivity contribution in [2.24, 2.45) is 0 Å². The Balaban J connectivity index is 1.52. The molecule has 2 aromatic carbocycles. The topological polar surface area (TPSA) is 40.6 Å². The predicted octanol–water partition coefficient (Wildman–Crippen LogP) is 2.90. The minimum atomic E-state index is -0.331. The van der Waals surface area contributed by atoms with E-state index in [1.54, 1.807) is 17.0 Å². The number of carbonyl (C=O) groups is 2. The van der Waals surface area contributed by atoms with Crippen LogP contribution < -0.4 is 0 Å². The largest absolute Gasteiger partial charge is 0.339 e. The Morgan fingerprint density at radius 2 is 1.52 bits per heavy atom. The van der Waals surface area contributed by atoms with Gasteiger partial charge in [0.2, 0.25) is 11.8 Å². The van der Waals surface area contributed by atoms with E-state index in [-0.39, 0.29) is 24.1 Å². The molecule has 0 unspecified atom stereocenters. The second-order valence-electron chi connectivity index (χ2n) is 7.17. The van der Waals surface area contributed by atoms with Crippen LogP contribution in [-0.4, -0.2) is 47.8 Å². The van der Waals surface area contributed by atoms with Gasteiger partial charge in [-0.25, -0.2) is 4.39 Å². The summed E-state index contributed by atoms with van der Waals surface area (Å²) in [6.45, 7) is 6.16. The summed E-state index contributed by atoms with van der Waals surface area (Å²) >= 11 is 0. The van der Waals surface area contributed by atoms with Crippen LogP contribution in [0.5, 0.6) is 0 Å². The smallest absolute Gasteiger partial charge is 0.227 e. The standard InChI is InChI=1S/C22H25FN2O2/c1-16-6-7-17(2)19(12-16)15-22(27)25-10-8-24(9-11-25)21(26)14-18-4-3-5-20(23)13-18/h3-7,12-13H,8-11,14-15H2,1-2H3. The van der Waals surface area contributed by atoms with Gasteiger partial charge in [0.25, 0.3) is 0 Å². The van der Waals surface area contributed by atoms with Crippen molar-refractivity contribution in [3.05, 3.63) is 70.5 Å². The van der Waals surface area contributed by atoms with Crippen molar-refractivity contribution in [3.8, 4) is 0 Å². The van der Waals surface area contributed by atoms with Gasteiger partial charge in [-0.05, 0) is 42.7 Å². The van der Waals surface area contributed by atoms with Crippen LogP contribution in [0.2, 0.25) is 0 Å². The highest BCUT2D eigenvalue weighted by molar-refractivity contribution is 5.81. The highest BCUT2D eigenvalue weighted by atomic mass is 19.1. The summed E-state index contributed by atoms with van der Waals surface area (Å²) in [6.07, 6.45) is 0.582. The molecule has 0 aromatic heterocycles. The summed E-state index contributed by atoms with van der Waals surface area (Å²) in [7, 11) is 0. The maximum Gasteiger partial charge on any atom is 0.227 e. The molecule has 5 heteroatoms. The molecule has 3 rings (SSSR count). The second-order valence-corrected chi connectivity index (χ2v) is 7.17. The Morgan fingerprint density at radius 1 is 0.889 bits per heavy atom. The summed E-state index contributed by atoms with van der Waals surface area (Å²) in [5, 5.41) is 0. The van der Waals surface area contributed by atoms with Crippen molar-refractivity contribution < 1.29 is 14.0 Å². The molecule has 0 N–H and O–H groups in total. The average molecular weight is 368 g/mol. The Hall–Kier alpha value is -2.69. The fourth-order valence-electron chi connectivity index (χ4n) is 3.40. The molecule has 0 atom stereocenters. The van der Waals surface area contributed by atoms with Gasteiger partial charge in [-0.2, -0.15) is 0 Å². The lowest BCUT2D eigenvalue weighted by Gasteiger charge is -2.35. The number of nitrogens with zero attached hydrogens (tertiary/aromatic N) is 2. The quantitative estimate of drug-likeness (QED) is 0.833. The molecular weight excluding hydrogens is 343 g/mol. The molecule has 0 aliphatic carbocycles. The number of halogens is 1. The Labute approximate surface area is 159 Å². The van der Waals surface area contributed by atoms with E-state index in [1.807, 2.05) is 30.9 Å². The summed E-state index contributed by atoms with van der Waals surface area (Å²) in [4.78, 5) is 28.6. The van der Waals surface area contributed by atoms with Crippen LogP contribution in [0.4, 0.5) is 4.39 Å². The van der Waals surface area contributed by atoms with E-state index in [0.717, 1.165) is 16.7 Å². The number of benzene rings is 2. The van der Waals surface area contributed by atoms with Gasteiger partial charge >= 0.3 is 0 Å². The zero-order valence-electron chi connectivity index (χ0n) is 15.9. The van der Waals surface area contributed by atoms with Gasteiger partial charge in [0.1, 0.15) is 5.82 Å². The van der Waals surface area contributed by atoms with Gasteiger partial charge in [0.05, 0.1) is 12.8 Å². The van der Waals surface area contributed by atoms with E-state index in [9.17, 15) is 14.0 Å². The minimum Gasteiger partial charge on any atom is -0.339 e. The fourth-order valence-corrected chi connectivity index (χ4v) is 3.40. The second kappa shape index (κ2) is 8.33. The lowest BCUT2D eigenvalue weighted by atomic mass is 10.0. The monoisotopic (exact) mass is 368 g/mol. The average Bonchev–Trinajstić information content (AvgIpc) is 2.65. The van der Waals surface area contributed by atoms with E-state index < -0.39 is 0 Å². The molecule has 0 bridgehead atoms. The number of hydrogen-bond acceptors (Lipinski definition) is 2. The molecule has 1 aliphatic rings. The third-order valence-corrected chi connectivity index (χ3v) is 5.08. The summed E-state index contributed by atoms with van der Waals surface area (Å²) in [5.41, 5.74) is 4.01. The van der Waals surface area contributed by atoms with Gasteiger partial charge in [0.15, 0.2) is 0 Å². The Morgan fingerprint density at radius 3 is 2.15 bits per heavy atom. The van der Waals surface area contributed by atoms with Crippen molar-refractivity contribution in [3.63, 3.8) is 0 Å². The van der Waals surface area contributed by atoms with E-state index in [4.69, 9.17) is 0 Å². The van der Waals surface area contributed by atoms with Gasteiger partial charge in [0, 0.05) is 26.2 Å². The number of amides is 2. The van der Waals surface area contributed by atoms with Gasteiger partial charge < -0.3 is 9.80 Å². The normalized spacial score (nSPS) is 14.3. The summed E-state index contributed by atoms with van der Waals surface area (Å²) < 4.78 is 13.3. The van der Waals surface area contributed by atoms with Crippen molar-refractivity contribution >= 4 is 11.8 Å². The van der Waals surface area contributed by atoms with E-state index in [1.165, 1.54) is 12.1 Å². The maximum absolute atomic E-state index is 13.3. The van der Waals surface area contributed by atoms with Crippen LogP contribution in [0, 0.1) is 19.7 Å². The minimum absolute atomic E-state index is 0.0257. The zero-order chi connectivity index (χ0) is 19.4. The third kappa shape index (κ3) is 4.94. The first-order valence-electron chi connectivity index (χ1n) is 9.28. The van der Waals surface area contributed by atoms with Crippen LogP contribution in [0.3, 0.4) is 0 Å². The van der Waals surface area contributed by atoms with Gasteiger partial charge in [-0.1, -0.05) is 35.9 Å². The van der Waals surface area contributed by atoms with Crippen molar-refractivity contribution in [1.82, 2.24) is 9.80 Å². The number of carbonyl (C=O) groups excluding carboxylic acids is 2. The number of hydrogen-bond donors (Lipinski definition) is 0. The van der Waals surface area contributed by atoms with Crippen LogP contribution in [0.1, 0.15) is 22.3 Å². The molecule has 4 nitrogen and oxygen atoms in total. The highest BCUT2D eigenvalue weighted by Crippen LogP contribution is 2.14. The van der Waals surface area contributed by atoms with Crippen LogP contribution >= 0.6 is 0 Å². The van der Waals surface area contributed by atoms with E-state index >= 15 is 0 Å². The third-order valence-electron chi connectivity index (χ3n) is 5.08. The zero-order valence-corrected chi connectivity index (χ0v) is 15.9. The lowest BCUT2D eigenvalue weighted by molar-refractivity contribution is -0.138. The summed E-state index contributed by atoms with van der Waals surface area (Å²) in [5.74, 6) is -0.259. The van der Waals surface area contributed by atoms with Crippen molar-refractivity contribution in [2.45, 2.75) is 26.7 Å². The first-order valence-corrected chi connectivity index (χ1v) is 9.28. The molecule has 2 amide bonds. The predicted molar refractivity (Wildman–Crippen MR) is 103 cm³/mol. The molecule has 142 valence electrons. The molecule has 1 aliphatic heterocycles. The van der Waals surface area contributed by atoms with E-state index in [2.05, 4.69) is 6.07 Å². The molecule has 1 fully saturated rings. The number of rotatable bonds is 4. The van der Waals surface area contributed by atoms with E-state index in [0.29, 0.717) is 38.2 Å². The Kier molecular flexibility index (Phi) is 5.89. The molecule has 1 saturated heterocycles. The van der Waals surface area contributed by atoms with Crippen molar-refractivity contribution in [1.29, 1.82) is 0 Å². The highest BCUT2D eigenvalue weighted by Gasteiger charge is 2.24. The molecule has 0 saturated carbocycles. The lowest BCUT2D eigenvalue weighted by Crippen LogP contribution is -2.51. The van der Waals surface area contributed by atoms with Crippen molar-refractivity contribution in [2.75, 3.05) is 26.2 Å². The van der Waals surface area contributed by atoms with Crippen LogP contribution in [0.25, 0.3) is 0 Å². The molecule has 27 heavy (non-hydrogen) atoms. The first kappa shape index (κ1) is 19.1. The summed E-state index contributed by atoms with van der Waals surface area (Å²) in [6, 6.07) is 12.3. The Bertz CT molecular complexity index is 842. The molecule has 1 heterocycles. The molecule has 0 spiro atoms.